The van der Waals surface area contributed by atoms with Crippen molar-refractivity contribution in [1.29, 1.82) is 0 Å². The highest BCUT2D eigenvalue weighted by Crippen LogP contribution is 2.29. The van der Waals surface area contributed by atoms with Crippen molar-refractivity contribution in [1.82, 2.24) is 0 Å². The summed E-state index contributed by atoms with van der Waals surface area (Å²) in [5, 5.41) is 3.71. The first-order chi connectivity index (χ1) is 18.9. The van der Waals surface area contributed by atoms with Crippen LogP contribution in [-0.4, -0.2) is 33.8 Å². The van der Waals surface area contributed by atoms with E-state index in [4.69, 9.17) is 12.3 Å². The summed E-state index contributed by atoms with van der Waals surface area (Å²) in [7, 11) is -10.7. The van der Waals surface area contributed by atoms with E-state index in [0.29, 0.717) is 6.04 Å². The van der Waals surface area contributed by atoms with E-state index in [1.165, 1.54) is 15.6 Å². The van der Waals surface area contributed by atoms with Gasteiger partial charge >= 0.3 is 8.80 Å². The van der Waals surface area contributed by atoms with Crippen LogP contribution in [0.15, 0.2) is 122 Å². The van der Waals surface area contributed by atoms with Gasteiger partial charge in [-0.15, -0.1) is 0 Å². The summed E-state index contributed by atoms with van der Waals surface area (Å²) in [6.07, 6.45) is 1.88. The molecule has 0 aliphatic carbocycles. The highest BCUT2D eigenvalue weighted by Gasteiger charge is 2.54. The normalized spacial score (nSPS) is 12.8. The van der Waals surface area contributed by atoms with E-state index in [1.54, 1.807) is 0 Å². The zero-order valence-corrected chi connectivity index (χ0v) is 28.7. The minimum atomic E-state index is -3.36. The molecule has 7 heteroatoms. The van der Waals surface area contributed by atoms with Crippen LogP contribution in [-0.2, 0) is 18.4 Å². The molecular formula is C33H42O3Si4. The van der Waals surface area contributed by atoms with Crippen molar-refractivity contribution in [2.75, 3.05) is 0 Å². The van der Waals surface area contributed by atoms with Crippen LogP contribution in [0.1, 0.15) is 11.1 Å². The molecule has 4 aromatic rings. The monoisotopic (exact) mass is 598 g/mol. The van der Waals surface area contributed by atoms with Gasteiger partial charge in [0.2, 0.25) is 25.0 Å². The zero-order valence-electron chi connectivity index (χ0n) is 24.7. The second-order valence-electron chi connectivity index (χ2n) is 11.7. The molecule has 0 N–H and O–H groups in total. The van der Waals surface area contributed by atoms with Crippen molar-refractivity contribution in [2.45, 2.75) is 45.3 Å². The van der Waals surface area contributed by atoms with E-state index in [2.05, 4.69) is 161 Å². The molecule has 0 heterocycles. The molecule has 0 unspecified atom stereocenters. The van der Waals surface area contributed by atoms with E-state index in [-0.39, 0.29) is 0 Å². The van der Waals surface area contributed by atoms with Crippen molar-refractivity contribution in [2.24, 2.45) is 0 Å². The molecule has 4 aromatic carbocycles. The predicted molar refractivity (Wildman–Crippen MR) is 180 cm³/mol. The summed E-state index contributed by atoms with van der Waals surface area (Å²) < 4.78 is 22.4. The SMILES string of the molecule is C=Cc1ccc(C[Si](O[Si](C)(C)c2ccccc2)(O[Si](C)(C)c2ccccc2)O[Si](C)(C)c2ccccc2)cc1. The van der Waals surface area contributed by atoms with E-state index in [1.807, 2.05) is 6.08 Å². The van der Waals surface area contributed by atoms with Gasteiger partial charge < -0.3 is 12.3 Å². The smallest absolute Gasteiger partial charge is 0.412 e. The van der Waals surface area contributed by atoms with E-state index in [9.17, 15) is 0 Å². The van der Waals surface area contributed by atoms with Gasteiger partial charge in [0.15, 0.2) is 0 Å². The highest BCUT2D eigenvalue weighted by atomic mass is 28.5. The van der Waals surface area contributed by atoms with Gasteiger partial charge in [-0.2, -0.15) is 0 Å². The van der Waals surface area contributed by atoms with Crippen molar-refractivity contribution in [3.63, 3.8) is 0 Å². The molecule has 0 saturated heterocycles. The molecule has 0 aromatic heterocycles. The Morgan fingerprint density at radius 3 is 1.12 bits per heavy atom. The Labute approximate surface area is 245 Å². The van der Waals surface area contributed by atoms with Crippen LogP contribution >= 0.6 is 0 Å². The number of benzene rings is 4. The van der Waals surface area contributed by atoms with E-state index >= 15 is 0 Å². The minimum absolute atomic E-state index is 0.611. The Kier molecular flexibility index (Phi) is 9.46. The molecule has 4 rings (SSSR count). The minimum Gasteiger partial charge on any atom is -0.412 e. The zero-order chi connectivity index (χ0) is 28.9. The number of hydrogen-bond acceptors (Lipinski definition) is 3. The summed E-state index contributed by atoms with van der Waals surface area (Å²) in [6, 6.07) is 41.0. The first kappa shape index (κ1) is 30.3. The third-order valence-corrected chi connectivity index (χ3v) is 23.1. The van der Waals surface area contributed by atoms with Gasteiger partial charge in [0.05, 0.1) is 0 Å². The third-order valence-electron chi connectivity index (χ3n) is 7.27. The molecule has 0 radical (unpaired) electrons. The maximum absolute atomic E-state index is 7.47. The Hall–Kier alpha value is -2.63. The van der Waals surface area contributed by atoms with Crippen LogP contribution in [0.25, 0.3) is 6.08 Å². The van der Waals surface area contributed by atoms with Crippen LogP contribution in [0.2, 0.25) is 39.3 Å². The quantitative estimate of drug-likeness (QED) is 0.169. The number of rotatable bonds is 12. The molecule has 0 atom stereocenters. The Balaban J connectivity index is 1.87. The van der Waals surface area contributed by atoms with Crippen molar-refractivity contribution >= 4 is 55.4 Å². The first-order valence-electron chi connectivity index (χ1n) is 13.9. The van der Waals surface area contributed by atoms with Gasteiger partial charge in [-0.1, -0.05) is 128 Å². The summed E-state index contributed by atoms with van der Waals surface area (Å²) in [5.41, 5.74) is 2.25. The molecule has 0 saturated carbocycles. The molecule has 208 valence electrons. The average Bonchev–Trinajstić information content (AvgIpc) is 2.94. The molecule has 0 spiro atoms. The summed E-state index contributed by atoms with van der Waals surface area (Å²) in [5.74, 6) is 0. The molecular weight excluding hydrogens is 557 g/mol. The number of hydrogen-bond donors (Lipinski definition) is 0. The predicted octanol–water partition coefficient (Wildman–Crippen LogP) is 6.74. The third kappa shape index (κ3) is 7.55. The highest BCUT2D eigenvalue weighted by molar-refractivity contribution is 6.98. The lowest BCUT2D eigenvalue weighted by Crippen LogP contribution is -2.69. The van der Waals surface area contributed by atoms with Gasteiger partial charge in [-0.25, -0.2) is 0 Å². The van der Waals surface area contributed by atoms with Gasteiger partial charge in [-0.05, 0) is 66.0 Å². The summed E-state index contributed by atoms with van der Waals surface area (Å²) in [6.45, 7) is 17.6. The second kappa shape index (κ2) is 12.5. The lowest BCUT2D eigenvalue weighted by atomic mass is 10.1. The Bertz CT molecular complexity index is 1240. The van der Waals surface area contributed by atoms with Crippen molar-refractivity contribution < 1.29 is 12.3 Å². The van der Waals surface area contributed by atoms with Crippen molar-refractivity contribution in [3.8, 4) is 0 Å². The lowest BCUT2D eigenvalue weighted by molar-refractivity contribution is 0.255. The molecule has 0 fully saturated rings. The second-order valence-corrected chi connectivity index (χ2v) is 26.7. The van der Waals surface area contributed by atoms with Gasteiger partial charge in [0.1, 0.15) is 0 Å². The molecule has 0 bridgehead atoms. The fourth-order valence-electron chi connectivity index (χ4n) is 5.05. The van der Waals surface area contributed by atoms with Crippen LogP contribution in [0, 0.1) is 0 Å². The Morgan fingerprint density at radius 2 is 0.825 bits per heavy atom. The topological polar surface area (TPSA) is 27.7 Å². The molecule has 3 nitrogen and oxygen atoms in total. The molecule has 0 amide bonds. The summed E-state index contributed by atoms with van der Waals surface area (Å²) in [4.78, 5) is 0. The van der Waals surface area contributed by atoms with Gasteiger partial charge in [0.25, 0.3) is 0 Å². The standard InChI is InChI=1S/C33H42O3Si4/c1-8-29-24-26-30(27-25-29)28-40(34-37(2,3)31-18-12-9-13-19-31,35-38(4,5)32-20-14-10-15-21-32)36-39(6,7)33-22-16-11-17-23-33/h8-27H,1,28H2,2-7H3. The van der Waals surface area contributed by atoms with Crippen molar-refractivity contribution in [3.05, 3.63) is 133 Å². The lowest BCUT2D eigenvalue weighted by Gasteiger charge is -2.45. The largest absolute Gasteiger partial charge is 0.474 e. The van der Waals surface area contributed by atoms with Crippen LogP contribution < -0.4 is 15.6 Å². The van der Waals surface area contributed by atoms with E-state index in [0.717, 1.165) is 11.1 Å². The Morgan fingerprint density at radius 1 is 0.500 bits per heavy atom. The fraction of sp³-hybridized carbons (Fsp3) is 0.212. The van der Waals surface area contributed by atoms with E-state index < -0.39 is 33.8 Å². The fourth-order valence-corrected chi connectivity index (χ4v) is 22.0. The van der Waals surface area contributed by atoms with Crippen LogP contribution in [0.3, 0.4) is 0 Å². The maximum atomic E-state index is 7.47. The maximum Gasteiger partial charge on any atom is 0.474 e. The van der Waals surface area contributed by atoms with Gasteiger partial charge in [-0.3, -0.25) is 0 Å². The molecule has 0 aliphatic heterocycles. The average molecular weight is 599 g/mol. The van der Waals surface area contributed by atoms with Crippen LogP contribution in [0.4, 0.5) is 0 Å². The van der Waals surface area contributed by atoms with Crippen LogP contribution in [0.5, 0.6) is 0 Å². The van der Waals surface area contributed by atoms with Gasteiger partial charge in [0, 0.05) is 6.04 Å². The summed E-state index contributed by atoms with van der Waals surface area (Å²) >= 11 is 0. The molecule has 40 heavy (non-hydrogen) atoms. The molecule has 0 aliphatic rings. The first-order valence-corrected chi connectivity index (χ1v) is 24.6.